The molecule has 1 unspecified atom stereocenters. The standard InChI is InChI=1S/C26H30N2O7S2/c1-5-23(19-11-14-21(15-12-19)36(4,30)31)27-26(29)18-28(37(32,33)22-9-7-6-8-10-22)20-13-16-24(34-2)25(17-20)35-3/h6-17,23H,5,18H2,1-4H3,(H,27,29). The molecule has 0 aliphatic heterocycles. The van der Waals surface area contributed by atoms with Crippen LogP contribution in [0.4, 0.5) is 5.69 Å². The number of rotatable bonds is 11. The Kier molecular flexibility index (Phi) is 8.82. The maximum Gasteiger partial charge on any atom is 0.264 e. The number of sulfonamides is 1. The first kappa shape index (κ1) is 28.0. The molecule has 3 aromatic rings. The third-order valence-corrected chi connectivity index (χ3v) is 8.64. The minimum atomic E-state index is -4.11. The summed E-state index contributed by atoms with van der Waals surface area (Å²) < 4.78 is 62.3. The van der Waals surface area contributed by atoms with Crippen LogP contribution in [-0.2, 0) is 24.7 Å². The van der Waals surface area contributed by atoms with Gasteiger partial charge in [0.2, 0.25) is 5.91 Å². The molecular formula is C26H30N2O7S2. The van der Waals surface area contributed by atoms with Crippen LogP contribution in [0.1, 0.15) is 24.9 Å². The zero-order valence-electron chi connectivity index (χ0n) is 21.0. The third kappa shape index (κ3) is 6.60. The van der Waals surface area contributed by atoms with E-state index in [0.717, 1.165) is 10.6 Å². The van der Waals surface area contributed by atoms with E-state index in [1.54, 1.807) is 36.4 Å². The highest BCUT2D eigenvalue weighted by atomic mass is 32.2. The van der Waals surface area contributed by atoms with Crippen LogP contribution < -0.4 is 19.1 Å². The molecule has 3 aromatic carbocycles. The van der Waals surface area contributed by atoms with Gasteiger partial charge in [0.15, 0.2) is 21.3 Å². The predicted octanol–water partition coefficient (Wildman–Crippen LogP) is 3.57. The number of ether oxygens (including phenoxy) is 2. The molecule has 0 saturated carbocycles. The monoisotopic (exact) mass is 546 g/mol. The van der Waals surface area contributed by atoms with Crippen molar-refractivity contribution < 1.29 is 31.1 Å². The van der Waals surface area contributed by atoms with Gasteiger partial charge in [0.25, 0.3) is 10.0 Å². The van der Waals surface area contributed by atoms with E-state index in [4.69, 9.17) is 9.47 Å². The second kappa shape index (κ2) is 11.7. The SMILES string of the molecule is CCC(NC(=O)CN(c1ccc(OC)c(OC)c1)S(=O)(=O)c1ccccc1)c1ccc(S(C)(=O)=O)cc1. The van der Waals surface area contributed by atoms with E-state index < -0.39 is 38.4 Å². The molecule has 11 heteroatoms. The fourth-order valence-corrected chi connectivity index (χ4v) is 5.82. The van der Waals surface area contributed by atoms with Crippen LogP contribution in [0.3, 0.4) is 0 Å². The van der Waals surface area contributed by atoms with Crippen LogP contribution >= 0.6 is 0 Å². The molecule has 1 atom stereocenters. The van der Waals surface area contributed by atoms with Gasteiger partial charge in [0.05, 0.1) is 35.7 Å². The highest BCUT2D eigenvalue weighted by Crippen LogP contribution is 2.33. The first-order chi connectivity index (χ1) is 17.5. The van der Waals surface area contributed by atoms with Gasteiger partial charge in [0, 0.05) is 12.3 Å². The lowest BCUT2D eigenvalue weighted by atomic mass is 10.0. The van der Waals surface area contributed by atoms with Gasteiger partial charge in [0.1, 0.15) is 6.54 Å². The molecule has 0 aliphatic rings. The summed E-state index contributed by atoms with van der Waals surface area (Å²) in [5.41, 5.74) is 0.925. The first-order valence-corrected chi connectivity index (χ1v) is 14.7. The Bertz CT molecular complexity index is 1440. The summed E-state index contributed by atoms with van der Waals surface area (Å²) in [4.78, 5) is 13.4. The van der Waals surface area contributed by atoms with Gasteiger partial charge in [-0.2, -0.15) is 0 Å². The summed E-state index contributed by atoms with van der Waals surface area (Å²) in [6, 6.07) is 18.2. The maximum absolute atomic E-state index is 13.6. The summed E-state index contributed by atoms with van der Waals surface area (Å²) in [7, 11) is -4.56. The Labute approximate surface area is 218 Å². The quantitative estimate of drug-likeness (QED) is 0.391. The normalized spacial score (nSPS) is 12.4. The van der Waals surface area contributed by atoms with Crippen molar-refractivity contribution in [2.24, 2.45) is 0 Å². The number of nitrogens with one attached hydrogen (secondary N) is 1. The molecule has 198 valence electrons. The number of methoxy groups -OCH3 is 2. The van der Waals surface area contributed by atoms with Crippen molar-refractivity contribution in [3.63, 3.8) is 0 Å². The molecule has 0 heterocycles. The number of benzene rings is 3. The van der Waals surface area contributed by atoms with E-state index in [0.29, 0.717) is 23.5 Å². The van der Waals surface area contributed by atoms with Crippen LogP contribution in [0.15, 0.2) is 82.6 Å². The van der Waals surface area contributed by atoms with Crippen LogP contribution in [0.25, 0.3) is 0 Å². The molecule has 0 aromatic heterocycles. The van der Waals surface area contributed by atoms with E-state index in [2.05, 4.69) is 5.32 Å². The Morgan fingerprint density at radius 1 is 0.865 bits per heavy atom. The van der Waals surface area contributed by atoms with Gasteiger partial charge in [-0.15, -0.1) is 0 Å². The average molecular weight is 547 g/mol. The topological polar surface area (TPSA) is 119 Å². The van der Waals surface area contributed by atoms with Gasteiger partial charge in [-0.05, 0) is 48.4 Å². The Morgan fingerprint density at radius 3 is 2.03 bits per heavy atom. The van der Waals surface area contributed by atoms with E-state index in [1.807, 2.05) is 6.92 Å². The summed E-state index contributed by atoms with van der Waals surface area (Å²) in [5, 5.41) is 2.87. The molecule has 9 nitrogen and oxygen atoms in total. The lowest BCUT2D eigenvalue weighted by Crippen LogP contribution is -2.42. The smallest absolute Gasteiger partial charge is 0.264 e. The molecule has 3 rings (SSSR count). The average Bonchev–Trinajstić information content (AvgIpc) is 2.90. The second-order valence-corrected chi connectivity index (χ2v) is 12.1. The third-order valence-electron chi connectivity index (χ3n) is 5.73. The number of hydrogen-bond acceptors (Lipinski definition) is 7. The van der Waals surface area contributed by atoms with E-state index in [9.17, 15) is 21.6 Å². The maximum atomic E-state index is 13.6. The van der Waals surface area contributed by atoms with Crippen molar-refractivity contribution in [1.82, 2.24) is 5.32 Å². The number of anilines is 1. The summed E-state index contributed by atoms with van der Waals surface area (Å²) in [6.07, 6.45) is 1.63. The molecule has 0 aliphatic carbocycles. The zero-order valence-corrected chi connectivity index (χ0v) is 22.7. The number of sulfone groups is 1. The van der Waals surface area contributed by atoms with E-state index >= 15 is 0 Å². The molecule has 0 spiro atoms. The number of nitrogens with zero attached hydrogens (tertiary/aromatic N) is 1. The number of carbonyl (C=O) groups excluding carboxylic acids is 1. The lowest BCUT2D eigenvalue weighted by molar-refractivity contribution is -0.120. The van der Waals surface area contributed by atoms with Crippen molar-refractivity contribution >= 4 is 31.5 Å². The molecule has 0 fully saturated rings. The largest absolute Gasteiger partial charge is 0.493 e. The van der Waals surface area contributed by atoms with Crippen LogP contribution in [0.5, 0.6) is 11.5 Å². The summed E-state index contributed by atoms with van der Waals surface area (Å²) in [6.45, 7) is 1.37. The van der Waals surface area contributed by atoms with Crippen molar-refractivity contribution in [2.45, 2.75) is 29.2 Å². The molecule has 0 radical (unpaired) electrons. The molecule has 0 bridgehead atoms. The Morgan fingerprint density at radius 2 is 1.49 bits per heavy atom. The Balaban J connectivity index is 1.94. The molecule has 1 amide bonds. The van der Waals surface area contributed by atoms with Crippen molar-refractivity contribution in [1.29, 1.82) is 0 Å². The fourth-order valence-electron chi connectivity index (χ4n) is 3.75. The lowest BCUT2D eigenvalue weighted by Gasteiger charge is -2.26. The number of hydrogen-bond donors (Lipinski definition) is 1. The molecular weight excluding hydrogens is 516 g/mol. The van der Waals surface area contributed by atoms with Gasteiger partial charge < -0.3 is 14.8 Å². The van der Waals surface area contributed by atoms with E-state index in [-0.39, 0.29) is 15.5 Å². The number of carbonyl (C=O) groups is 1. The summed E-state index contributed by atoms with van der Waals surface area (Å²) >= 11 is 0. The second-order valence-electron chi connectivity index (χ2n) is 8.23. The zero-order chi connectivity index (χ0) is 27.2. The van der Waals surface area contributed by atoms with Crippen molar-refractivity contribution in [3.8, 4) is 11.5 Å². The molecule has 0 saturated heterocycles. The highest BCUT2D eigenvalue weighted by Gasteiger charge is 2.29. The predicted molar refractivity (Wildman–Crippen MR) is 141 cm³/mol. The minimum absolute atomic E-state index is 0.0287. The highest BCUT2D eigenvalue weighted by molar-refractivity contribution is 7.93. The van der Waals surface area contributed by atoms with Gasteiger partial charge in [-0.25, -0.2) is 16.8 Å². The minimum Gasteiger partial charge on any atom is -0.493 e. The molecule has 1 N–H and O–H groups in total. The Hall–Kier alpha value is -3.57. The fraction of sp³-hybridized carbons (Fsp3) is 0.269. The van der Waals surface area contributed by atoms with Crippen LogP contribution in [-0.4, -0.2) is 49.8 Å². The summed E-state index contributed by atoms with van der Waals surface area (Å²) in [5.74, 6) is 0.191. The van der Waals surface area contributed by atoms with Gasteiger partial charge >= 0.3 is 0 Å². The van der Waals surface area contributed by atoms with Gasteiger partial charge in [-0.3, -0.25) is 9.10 Å². The van der Waals surface area contributed by atoms with Crippen LogP contribution in [0.2, 0.25) is 0 Å². The molecule has 37 heavy (non-hydrogen) atoms. The van der Waals surface area contributed by atoms with Crippen LogP contribution in [0, 0.1) is 0 Å². The number of amides is 1. The van der Waals surface area contributed by atoms with Gasteiger partial charge in [-0.1, -0.05) is 37.3 Å². The van der Waals surface area contributed by atoms with E-state index in [1.165, 1.54) is 50.6 Å². The first-order valence-electron chi connectivity index (χ1n) is 11.4. The van der Waals surface area contributed by atoms with Crippen molar-refractivity contribution in [2.75, 3.05) is 31.3 Å². The van der Waals surface area contributed by atoms with Crippen molar-refractivity contribution in [3.05, 3.63) is 78.4 Å².